The number of anilines is 1. The Balaban J connectivity index is 2.04. The molecule has 0 spiro atoms. The quantitative estimate of drug-likeness (QED) is 0.780. The van der Waals surface area contributed by atoms with Crippen molar-refractivity contribution in [2.45, 2.75) is 33.7 Å². The SMILES string of the molecule is COCCNCc1cc(C)ccc1N1CCC(C(C)C)C1. The van der Waals surface area contributed by atoms with Crippen LogP contribution in [0.5, 0.6) is 0 Å². The van der Waals surface area contributed by atoms with Crippen LogP contribution < -0.4 is 10.2 Å². The summed E-state index contributed by atoms with van der Waals surface area (Å²) in [5, 5.41) is 3.48. The molecule has 3 nitrogen and oxygen atoms in total. The third-order valence-electron chi connectivity index (χ3n) is 4.54. The van der Waals surface area contributed by atoms with Gasteiger partial charge in [0.25, 0.3) is 0 Å². The summed E-state index contributed by atoms with van der Waals surface area (Å²) in [6.07, 6.45) is 1.32. The number of aryl methyl sites for hydroxylation is 1. The first-order chi connectivity index (χ1) is 10.1. The van der Waals surface area contributed by atoms with Gasteiger partial charge in [0.05, 0.1) is 6.61 Å². The van der Waals surface area contributed by atoms with Gasteiger partial charge in [-0.3, -0.25) is 0 Å². The maximum absolute atomic E-state index is 5.10. The summed E-state index contributed by atoms with van der Waals surface area (Å²) >= 11 is 0. The summed E-state index contributed by atoms with van der Waals surface area (Å²) in [4.78, 5) is 2.57. The zero-order valence-electron chi connectivity index (χ0n) is 14.0. The normalized spacial score (nSPS) is 18.7. The number of hydrogen-bond acceptors (Lipinski definition) is 3. The molecule has 1 aliphatic heterocycles. The number of nitrogens with zero attached hydrogens (tertiary/aromatic N) is 1. The molecule has 0 aliphatic carbocycles. The summed E-state index contributed by atoms with van der Waals surface area (Å²) < 4.78 is 5.10. The molecule has 1 atom stereocenters. The van der Waals surface area contributed by atoms with E-state index in [4.69, 9.17) is 4.74 Å². The highest BCUT2D eigenvalue weighted by Crippen LogP contribution is 2.30. The van der Waals surface area contributed by atoms with Crippen molar-refractivity contribution < 1.29 is 4.74 Å². The van der Waals surface area contributed by atoms with Gasteiger partial charge >= 0.3 is 0 Å². The molecule has 1 unspecified atom stereocenters. The first kappa shape index (κ1) is 16.3. The molecular weight excluding hydrogens is 260 g/mol. The van der Waals surface area contributed by atoms with E-state index in [2.05, 4.69) is 49.2 Å². The molecule has 118 valence electrons. The third kappa shape index (κ3) is 4.45. The second-order valence-corrected chi connectivity index (χ2v) is 6.54. The van der Waals surface area contributed by atoms with Crippen molar-refractivity contribution in [3.63, 3.8) is 0 Å². The predicted octanol–water partition coefficient (Wildman–Crippen LogP) is 3.21. The summed E-state index contributed by atoms with van der Waals surface area (Å²) in [5.74, 6) is 1.62. The maximum atomic E-state index is 5.10. The highest BCUT2D eigenvalue weighted by molar-refractivity contribution is 5.55. The first-order valence-electron chi connectivity index (χ1n) is 8.16. The van der Waals surface area contributed by atoms with Crippen LogP contribution in [0.25, 0.3) is 0 Å². The van der Waals surface area contributed by atoms with Gasteiger partial charge in [-0.15, -0.1) is 0 Å². The molecule has 1 aromatic carbocycles. The Labute approximate surface area is 129 Å². The fraction of sp³-hybridized carbons (Fsp3) is 0.667. The lowest BCUT2D eigenvalue weighted by Crippen LogP contribution is -2.25. The van der Waals surface area contributed by atoms with Crippen molar-refractivity contribution in [2.75, 3.05) is 38.3 Å². The number of rotatable bonds is 7. The Morgan fingerprint density at radius 3 is 2.86 bits per heavy atom. The number of benzene rings is 1. The van der Waals surface area contributed by atoms with E-state index in [1.807, 2.05) is 0 Å². The molecule has 0 aromatic heterocycles. The van der Waals surface area contributed by atoms with E-state index in [1.54, 1.807) is 7.11 Å². The molecule has 2 rings (SSSR count). The van der Waals surface area contributed by atoms with Crippen LogP contribution in [0.2, 0.25) is 0 Å². The summed E-state index contributed by atoms with van der Waals surface area (Å²) in [6.45, 7) is 11.8. The number of nitrogens with one attached hydrogen (secondary N) is 1. The minimum absolute atomic E-state index is 0.764. The van der Waals surface area contributed by atoms with Gasteiger partial charge in [-0.2, -0.15) is 0 Å². The van der Waals surface area contributed by atoms with Crippen molar-refractivity contribution >= 4 is 5.69 Å². The van der Waals surface area contributed by atoms with E-state index in [-0.39, 0.29) is 0 Å². The van der Waals surface area contributed by atoms with Gasteiger partial charge in [0.2, 0.25) is 0 Å². The van der Waals surface area contributed by atoms with E-state index in [9.17, 15) is 0 Å². The van der Waals surface area contributed by atoms with Crippen LogP contribution >= 0.6 is 0 Å². The molecule has 0 saturated carbocycles. The van der Waals surface area contributed by atoms with Crippen molar-refractivity contribution in [2.24, 2.45) is 11.8 Å². The average Bonchev–Trinajstić information content (AvgIpc) is 2.93. The van der Waals surface area contributed by atoms with E-state index in [1.165, 1.54) is 36.3 Å². The van der Waals surface area contributed by atoms with E-state index in [0.29, 0.717) is 0 Å². The number of hydrogen-bond donors (Lipinski definition) is 1. The molecular formula is C18H30N2O. The Morgan fingerprint density at radius 1 is 1.38 bits per heavy atom. The van der Waals surface area contributed by atoms with Crippen molar-refractivity contribution in [3.05, 3.63) is 29.3 Å². The fourth-order valence-corrected chi connectivity index (χ4v) is 3.11. The van der Waals surface area contributed by atoms with Crippen LogP contribution in [0.1, 0.15) is 31.4 Å². The molecule has 21 heavy (non-hydrogen) atoms. The van der Waals surface area contributed by atoms with Crippen LogP contribution in [0, 0.1) is 18.8 Å². The zero-order valence-corrected chi connectivity index (χ0v) is 14.0. The fourth-order valence-electron chi connectivity index (χ4n) is 3.11. The molecule has 1 aromatic rings. The molecule has 1 fully saturated rings. The second-order valence-electron chi connectivity index (χ2n) is 6.54. The lowest BCUT2D eigenvalue weighted by molar-refractivity contribution is 0.199. The minimum Gasteiger partial charge on any atom is -0.383 e. The molecule has 0 radical (unpaired) electrons. The monoisotopic (exact) mass is 290 g/mol. The van der Waals surface area contributed by atoms with Gasteiger partial charge < -0.3 is 15.0 Å². The van der Waals surface area contributed by atoms with Gasteiger partial charge in [-0.25, -0.2) is 0 Å². The molecule has 3 heteroatoms. The van der Waals surface area contributed by atoms with E-state index < -0.39 is 0 Å². The first-order valence-corrected chi connectivity index (χ1v) is 8.16. The zero-order chi connectivity index (χ0) is 15.2. The standard InChI is InChI=1S/C18H30N2O/c1-14(2)16-7-9-20(13-16)18-6-5-15(3)11-17(18)12-19-8-10-21-4/h5-6,11,14,16,19H,7-10,12-13H2,1-4H3. The summed E-state index contributed by atoms with van der Waals surface area (Å²) in [6, 6.07) is 6.85. The predicted molar refractivity (Wildman–Crippen MR) is 89.9 cm³/mol. The Morgan fingerprint density at radius 2 is 2.19 bits per heavy atom. The smallest absolute Gasteiger partial charge is 0.0587 e. The molecule has 1 saturated heterocycles. The largest absolute Gasteiger partial charge is 0.383 e. The molecule has 0 amide bonds. The number of ether oxygens (including phenoxy) is 1. The van der Waals surface area contributed by atoms with Crippen molar-refractivity contribution in [1.82, 2.24) is 5.32 Å². The van der Waals surface area contributed by atoms with Crippen LogP contribution in [0.4, 0.5) is 5.69 Å². The van der Waals surface area contributed by atoms with Gasteiger partial charge in [0, 0.05) is 39.0 Å². The number of methoxy groups -OCH3 is 1. The van der Waals surface area contributed by atoms with Crippen LogP contribution in [0.3, 0.4) is 0 Å². The van der Waals surface area contributed by atoms with E-state index >= 15 is 0 Å². The highest BCUT2D eigenvalue weighted by Gasteiger charge is 2.26. The Kier molecular flexibility index (Phi) is 6.07. The third-order valence-corrected chi connectivity index (χ3v) is 4.54. The average molecular weight is 290 g/mol. The van der Waals surface area contributed by atoms with Crippen LogP contribution in [-0.2, 0) is 11.3 Å². The van der Waals surface area contributed by atoms with Crippen LogP contribution in [0.15, 0.2) is 18.2 Å². The van der Waals surface area contributed by atoms with E-state index in [0.717, 1.165) is 31.5 Å². The lowest BCUT2D eigenvalue weighted by Gasteiger charge is -2.23. The topological polar surface area (TPSA) is 24.5 Å². The van der Waals surface area contributed by atoms with Gasteiger partial charge in [0.1, 0.15) is 0 Å². The second kappa shape index (κ2) is 7.81. The van der Waals surface area contributed by atoms with Gasteiger partial charge in [-0.05, 0) is 36.8 Å². The summed E-state index contributed by atoms with van der Waals surface area (Å²) in [5.41, 5.74) is 4.16. The van der Waals surface area contributed by atoms with Gasteiger partial charge in [-0.1, -0.05) is 31.5 Å². The Hall–Kier alpha value is -1.06. The Bertz CT molecular complexity index is 445. The van der Waals surface area contributed by atoms with Gasteiger partial charge in [0.15, 0.2) is 0 Å². The minimum atomic E-state index is 0.764. The van der Waals surface area contributed by atoms with Crippen molar-refractivity contribution in [1.29, 1.82) is 0 Å². The molecule has 0 bridgehead atoms. The van der Waals surface area contributed by atoms with Crippen molar-refractivity contribution in [3.8, 4) is 0 Å². The maximum Gasteiger partial charge on any atom is 0.0587 e. The molecule has 1 N–H and O–H groups in total. The summed E-state index contributed by atoms with van der Waals surface area (Å²) in [7, 11) is 1.75. The van der Waals surface area contributed by atoms with Crippen LogP contribution in [-0.4, -0.2) is 33.4 Å². The lowest BCUT2D eigenvalue weighted by atomic mass is 9.95. The molecule has 1 aliphatic rings. The highest BCUT2D eigenvalue weighted by atomic mass is 16.5. The molecule has 1 heterocycles.